The molecule has 33 heavy (non-hydrogen) atoms. The third kappa shape index (κ3) is 4.48. The van der Waals surface area contributed by atoms with Gasteiger partial charge in [0.05, 0.1) is 7.11 Å². The number of nitrogens with one attached hydrogen (secondary N) is 2. The molecule has 1 aromatic carbocycles. The number of rotatable bonds is 7. The van der Waals surface area contributed by atoms with Gasteiger partial charge in [-0.05, 0) is 94.2 Å². The Balaban J connectivity index is 1.30. The van der Waals surface area contributed by atoms with E-state index in [0.717, 1.165) is 56.3 Å². The first-order valence-electron chi connectivity index (χ1n) is 12.5. The Morgan fingerprint density at radius 3 is 2.24 bits per heavy atom. The molecule has 5 aliphatic rings. The predicted molar refractivity (Wildman–Crippen MR) is 128 cm³/mol. The SMILES string of the molecule is COc1ccc(NC(C)C(=O)NC23CC4CC(CC(C4)C2)C3)cc1S(=O)(=O)N1CCCCC1. The van der Waals surface area contributed by atoms with E-state index in [-0.39, 0.29) is 16.3 Å². The number of methoxy groups -OCH3 is 1. The van der Waals surface area contributed by atoms with E-state index in [2.05, 4.69) is 10.6 Å². The number of ether oxygens (including phenoxy) is 1. The first-order chi connectivity index (χ1) is 15.8. The maximum atomic E-state index is 13.3. The summed E-state index contributed by atoms with van der Waals surface area (Å²) in [6.07, 6.45) is 10.1. The van der Waals surface area contributed by atoms with Crippen molar-refractivity contribution in [3.05, 3.63) is 18.2 Å². The highest BCUT2D eigenvalue weighted by Gasteiger charge is 2.51. The topological polar surface area (TPSA) is 87.7 Å². The van der Waals surface area contributed by atoms with E-state index in [4.69, 9.17) is 4.74 Å². The summed E-state index contributed by atoms with van der Waals surface area (Å²) in [5, 5.41) is 6.65. The third-order valence-electron chi connectivity index (χ3n) is 8.30. The molecule has 4 aliphatic carbocycles. The van der Waals surface area contributed by atoms with Crippen LogP contribution in [0.3, 0.4) is 0 Å². The number of amides is 1. The van der Waals surface area contributed by atoms with Crippen LogP contribution in [0.2, 0.25) is 0 Å². The zero-order valence-corrected chi connectivity index (χ0v) is 20.6. The van der Waals surface area contributed by atoms with Crippen molar-refractivity contribution in [1.82, 2.24) is 9.62 Å². The molecule has 4 bridgehead atoms. The molecule has 1 unspecified atom stereocenters. The summed E-state index contributed by atoms with van der Waals surface area (Å²) in [5.74, 6) is 2.63. The monoisotopic (exact) mass is 475 g/mol. The molecule has 1 aromatic rings. The summed E-state index contributed by atoms with van der Waals surface area (Å²) in [4.78, 5) is 13.3. The Hall–Kier alpha value is -1.80. The van der Waals surface area contributed by atoms with Gasteiger partial charge in [-0.25, -0.2) is 8.42 Å². The summed E-state index contributed by atoms with van der Waals surface area (Å²) in [5.41, 5.74) is 0.573. The number of piperidine rings is 1. The fraction of sp³-hybridized carbons (Fsp3) is 0.720. The number of benzene rings is 1. The van der Waals surface area contributed by atoms with Crippen molar-refractivity contribution in [2.75, 3.05) is 25.5 Å². The van der Waals surface area contributed by atoms with Crippen molar-refractivity contribution in [3.8, 4) is 5.75 Å². The Kier molecular flexibility index (Phi) is 6.10. The van der Waals surface area contributed by atoms with Crippen molar-refractivity contribution in [2.24, 2.45) is 17.8 Å². The number of carbonyl (C=O) groups excluding carboxylic acids is 1. The quantitative estimate of drug-likeness (QED) is 0.627. The molecule has 4 saturated carbocycles. The van der Waals surface area contributed by atoms with Gasteiger partial charge >= 0.3 is 0 Å². The number of hydrogen-bond acceptors (Lipinski definition) is 5. The minimum absolute atomic E-state index is 0.00629. The molecule has 0 aromatic heterocycles. The fourth-order valence-electron chi connectivity index (χ4n) is 7.16. The fourth-order valence-corrected chi connectivity index (χ4v) is 8.86. The molecule has 8 heteroatoms. The van der Waals surface area contributed by atoms with E-state index in [9.17, 15) is 13.2 Å². The van der Waals surface area contributed by atoms with Gasteiger partial charge in [-0.15, -0.1) is 0 Å². The van der Waals surface area contributed by atoms with Gasteiger partial charge in [0.2, 0.25) is 15.9 Å². The normalized spacial score (nSPS) is 32.4. The van der Waals surface area contributed by atoms with Crippen LogP contribution >= 0.6 is 0 Å². The lowest BCUT2D eigenvalue weighted by molar-refractivity contribution is -0.127. The summed E-state index contributed by atoms with van der Waals surface area (Å²) >= 11 is 0. The molecule has 0 spiro atoms. The lowest BCUT2D eigenvalue weighted by Crippen LogP contribution is -2.61. The summed E-state index contributed by atoms with van der Waals surface area (Å²) in [6.45, 7) is 2.92. The summed E-state index contributed by atoms with van der Waals surface area (Å²) in [7, 11) is -2.17. The Morgan fingerprint density at radius 1 is 1.06 bits per heavy atom. The first-order valence-corrected chi connectivity index (χ1v) is 14.0. The highest BCUT2D eigenvalue weighted by atomic mass is 32.2. The van der Waals surface area contributed by atoms with Crippen LogP contribution in [0.5, 0.6) is 5.75 Å². The molecule has 1 heterocycles. The third-order valence-corrected chi connectivity index (χ3v) is 10.2. The first kappa shape index (κ1) is 23.0. The molecular formula is C25H37N3O4S. The zero-order valence-electron chi connectivity index (χ0n) is 19.8. The van der Waals surface area contributed by atoms with Crippen LogP contribution in [0.4, 0.5) is 5.69 Å². The molecule has 2 N–H and O–H groups in total. The molecule has 0 radical (unpaired) electrons. The second-order valence-electron chi connectivity index (χ2n) is 10.9. The molecule has 1 amide bonds. The number of nitrogens with zero attached hydrogens (tertiary/aromatic N) is 1. The van der Waals surface area contributed by atoms with Crippen molar-refractivity contribution in [2.45, 2.75) is 81.2 Å². The van der Waals surface area contributed by atoms with E-state index in [0.29, 0.717) is 24.5 Å². The second kappa shape index (κ2) is 8.77. The van der Waals surface area contributed by atoms with Gasteiger partial charge < -0.3 is 15.4 Å². The molecule has 1 atom stereocenters. The van der Waals surface area contributed by atoms with Crippen LogP contribution in [0.25, 0.3) is 0 Å². The Morgan fingerprint density at radius 2 is 1.67 bits per heavy atom. The van der Waals surface area contributed by atoms with Gasteiger partial charge in [-0.3, -0.25) is 4.79 Å². The average molecular weight is 476 g/mol. The van der Waals surface area contributed by atoms with Crippen molar-refractivity contribution >= 4 is 21.6 Å². The number of carbonyl (C=O) groups is 1. The van der Waals surface area contributed by atoms with Gasteiger partial charge in [-0.1, -0.05) is 6.42 Å². The van der Waals surface area contributed by atoms with Crippen LogP contribution in [-0.4, -0.2) is 50.4 Å². The van der Waals surface area contributed by atoms with Gasteiger partial charge in [0.1, 0.15) is 16.7 Å². The van der Waals surface area contributed by atoms with Gasteiger partial charge in [0.25, 0.3) is 0 Å². The van der Waals surface area contributed by atoms with E-state index >= 15 is 0 Å². The van der Waals surface area contributed by atoms with Crippen LogP contribution < -0.4 is 15.4 Å². The molecule has 5 fully saturated rings. The summed E-state index contributed by atoms with van der Waals surface area (Å²) < 4.78 is 33.5. The van der Waals surface area contributed by atoms with Gasteiger partial charge in [0, 0.05) is 24.3 Å². The highest BCUT2D eigenvalue weighted by molar-refractivity contribution is 7.89. The van der Waals surface area contributed by atoms with Crippen molar-refractivity contribution in [3.63, 3.8) is 0 Å². The lowest BCUT2D eigenvalue weighted by atomic mass is 9.53. The van der Waals surface area contributed by atoms with Gasteiger partial charge in [0.15, 0.2) is 0 Å². The molecule has 6 rings (SSSR count). The molecule has 1 saturated heterocycles. The molecule has 1 aliphatic heterocycles. The average Bonchev–Trinajstić information content (AvgIpc) is 2.78. The Labute approximate surface area is 197 Å². The summed E-state index contributed by atoms with van der Waals surface area (Å²) in [6, 6.07) is 4.60. The zero-order chi connectivity index (χ0) is 23.2. The molecule has 182 valence electrons. The maximum Gasteiger partial charge on any atom is 0.246 e. The van der Waals surface area contributed by atoms with E-state index in [1.165, 1.54) is 26.4 Å². The van der Waals surface area contributed by atoms with Crippen molar-refractivity contribution < 1.29 is 17.9 Å². The predicted octanol–water partition coefficient (Wildman–Crippen LogP) is 3.76. The van der Waals surface area contributed by atoms with E-state index in [1.807, 2.05) is 6.92 Å². The molecule has 7 nitrogen and oxygen atoms in total. The number of hydrogen-bond donors (Lipinski definition) is 2. The Bertz CT molecular complexity index is 968. The maximum absolute atomic E-state index is 13.3. The van der Waals surface area contributed by atoms with Crippen LogP contribution in [0.1, 0.15) is 64.7 Å². The minimum atomic E-state index is -3.65. The van der Waals surface area contributed by atoms with Gasteiger partial charge in [-0.2, -0.15) is 4.31 Å². The van der Waals surface area contributed by atoms with Crippen LogP contribution in [0, 0.1) is 17.8 Å². The van der Waals surface area contributed by atoms with E-state index in [1.54, 1.807) is 22.5 Å². The number of sulfonamides is 1. The van der Waals surface area contributed by atoms with Crippen molar-refractivity contribution in [1.29, 1.82) is 0 Å². The largest absolute Gasteiger partial charge is 0.495 e. The lowest BCUT2D eigenvalue weighted by Gasteiger charge is -2.57. The standard InChI is InChI=1S/C25H37N3O4S/c1-17(24(29)27-25-14-18-10-19(15-25)12-20(11-18)16-25)26-21-6-7-22(32-2)23(13-21)33(30,31)28-8-4-3-5-9-28/h6-7,13,17-20,26H,3-5,8-12,14-16H2,1-2H3,(H,27,29). The number of anilines is 1. The van der Waals surface area contributed by atoms with Crippen LogP contribution in [0.15, 0.2) is 23.1 Å². The molecular weight excluding hydrogens is 438 g/mol. The second-order valence-corrected chi connectivity index (χ2v) is 12.8. The smallest absolute Gasteiger partial charge is 0.246 e. The van der Waals surface area contributed by atoms with Crippen LogP contribution in [-0.2, 0) is 14.8 Å². The highest BCUT2D eigenvalue weighted by Crippen LogP contribution is 2.55. The minimum Gasteiger partial charge on any atom is -0.495 e. The van der Waals surface area contributed by atoms with E-state index < -0.39 is 16.1 Å².